The number of unbranched alkanes of at least 4 members (excludes halogenated alkanes) is 3. The summed E-state index contributed by atoms with van der Waals surface area (Å²) in [5.41, 5.74) is 4.01. The topological polar surface area (TPSA) is 29.5 Å². The lowest BCUT2D eigenvalue weighted by atomic mass is 9.76. The number of aliphatic hydroxyl groups excluding tert-OH is 1. The molecule has 0 spiro atoms. The van der Waals surface area contributed by atoms with Gasteiger partial charge >= 0.3 is 0 Å². The molecule has 0 amide bonds. The predicted octanol–water partition coefficient (Wildman–Crippen LogP) is 7.59. The Morgan fingerprint density at radius 3 is 2.55 bits per heavy atom. The van der Waals surface area contributed by atoms with Gasteiger partial charge in [-0.25, -0.2) is 0 Å². The molecule has 1 fully saturated rings. The van der Waals surface area contributed by atoms with Gasteiger partial charge in [0.05, 0.1) is 0 Å². The Morgan fingerprint density at radius 2 is 1.81 bits per heavy atom. The lowest BCUT2D eigenvalue weighted by molar-refractivity contribution is 0.195. The number of ether oxygens (including phenoxy) is 1. The summed E-state index contributed by atoms with van der Waals surface area (Å²) >= 11 is 0. The molecule has 0 heterocycles. The number of hydrogen-bond acceptors (Lipinski definition) is 2. The van der Waals surface area contributed by atoms with Crippen molar-refractivity contribution in [1.82, 2.24) is 0 Å². The fourth-order valence-electron chi connectivity index (χ4n) is 4.82. The van der Waals surface area contributed by atoms with Gasteiger partial charge in [-0.05, 0) is 72.1 Å². The van der Waals surface area contributed by atoms with E-state index in [4.69, 9.17) is 4.74 Å². The van der Waals surface area contributed by atoms with Gasteiger partial charge in [0.15, 0.2) is 0 Å². The third-order valence-corrected chi connectivity index (χ3v) is 6.95. The second kappa shape index (κ2) is 11.7. The van der Waals surface area contributed by atoms with E-state index in [9.17, 15) is 5.11 Å². The maximum atomic E-state index is 9.70. The molecule has 0 aromatic heterocycles. The summed E-state index contributed by atoms with van der Waals surface area (Å²) in [5.74, 6) is 1.83. The van der Waals surface area contributed by atoms with E-state index in [1.54, 1.807) is 0 Å². The molecule has 0 aliphatic heterocycles. The molecule has 2 aromatic carbocycles. The van der Waals surface area contributed by atoms with E-state index in [0.29, 0.717) is 18.4 Å². The van der Waals surface area contributed by atoms with Crippen LogP contribution in [0.3, 0.4) is 0 Å². The molecule has 2 heteroatoms. The first kappa shape index (κ1) is 23.9. The van der Waals surface area contributed by atoms with Crippen LogP contribution >= 0.6 is 0 Å². The van der Waals surface area contributed by atoms with E-state index in [2.05, 4.69) is 69.7 Å². The summed E-state index contributed by atoms with van der Waals surface area (Å²) in [6.45, 7) is 7.87. The molecule has 2 atom stereocenters. The standard InChI is InChI=1S/C29H41O2/c1-4-5-6-10-18-29(2,3)26-16-17-27(25-15-11-14-24(19-25)21-30)28(20-26)31-22-23-12-8-7-9-13-23/h7-9,11-13,16-17,20,24-25,30H,4-6,10,14-15,18-19,21-22H2,1-3H3. The van der Waals surface area contributed by atoms with Gasteiger partial charge in [-0.3, -0.25) is 0 Å². The molecule has 1 N–H and O–H groups in total. The van der Waals surface area contributed by atoms with Crippen molar-refractivity contribution >= 4 is 0 Å². The van der Waals surface area contributed by atoms with Crippen molar-refractivity contribution in [3.63, 3.8) is 0 Å². The Bertz CT molecular complexity index is 781. The van der Waals surface area contributed by atoms with E-state index in [-0.39, 0.29) is 12.0 Å². The number of benzene rings is 2. The van der Waals surface area contributed by atoms with Gasteiger partial charge in [-0.1, -0.05) is 88.9 Å². The average molecular weight is 422 g/mol. The molecule has 1 saturated carbocycles. The molecule has 2 unspecified atom stereocenters. The fraction of sp³-hybridized carbons (Fsp3) is 0.552. The highest BCUT2D eigenvalue weighted by Gasteiger charge is 2.27. The first-order valence-electron chi connectivity index (χ1n) is 12.3. The summed E-state index contributed by atoms with van der Waals surface area (Å²) in [4.78, 5) is 0. The zero-order chi connectivity index (χ0) is 22.1. The van der Waals surface area contributed by atoms with Gasteiger partial charge in [0, 0.05) is 6.61 Å². The SMILES string of the molecule is CCCCCCC(C)(C)c1ccc(C2C[CH]CC(CO)C2)c(OCc2ccccc2)c1. The summed E-state index contributed by atoms with van der Waals surface area (Å²) in [6, 6.07) is 17.4. The van der Waals surface area contributed by atoms with Gasteiger partial charge in [-0.15, -0.1) is 0 Å². The molecule has 1 aliphatic carbocycles. The van der Waals surface area contributed by atoms with Crippen molar-refractivity contribution in [2.45, 2.75) is 90.1 Å². The zero-order valence-electron chi connectivity index (χ0n) is 19.8. The Hall–Kier alpha value is -1.80. The van der Waals surface area contributed by atoms with Crippen LogP contribution in [0, 0.1) is 12.3 Å². The lowest BCUT2D eigenvalue weighted by Crippen LogP contribution is -2.20. The normalized spacial score (nSPS) is 19.4. The Balaban J connectivity index is 1.82. The maximum absolute atomic E-state index is 9.70. The van der Waals surface area contributed by atoms with Crippen LogP contribution in [0.25, 0.3) is 0 Å². The minimum atomic E-state index is 0.142. The van der Waals surface area contributed by atoms with Crippen LogP contribution in [0.2, 0.25) is 0 Å². The van der Waals surface area contributed by atoms with Crippen molar-refractivity contribution in [3.05, 3.63) is 71.6 Å². The summed E-state index contributed by atoms with van der Waals surface area (Å²) in [5, 5.41) is 9.70. The molecule has 2 aromatic rings. The van der Waals surface area contributed by atoms with Crippen molar-refractivity contribution in [1.29, 1.82) is 0 Å². The molecule has 169 valence electrons. The van der Waals surface area contributed by atoms with E-state index in [1.807, 2.05) is 6.07 Å². The average Bonchev–Trinajstić information content (AvgIpc) is 2.81. The van der Waals surface area contributed by atoms with Gasteiger partial charge < -0.3 is 9.84 Å². The molecule has 1 aliphatic rings. The zero-order valence-corrected chi connectivity index (χ0v) is 19.8. The lowest BCUT2D eigenvalue weighted by Gasteiger charge is -2.31. The van der Waals surface area contributed by atoms with Crippen LogP contribution in [0.1, 0.15) is 94.7 Å². The second-order valence-electron chi connectivity index (χ2n) is 9.96. The molecule has 1 radical (unpaired) electrons. The monoisotopic (exact) mass is 421 g/mol. The summed E-state index contributed by atoms with van der Waals surface area (Å²) < 4.78 is 6.45. The van der Waals surface area contributed by atoms with Gasteiger partial charge in [-0.2, -0.15) is 0 Å². The summed E-state index contributed by atoms with van der Waals surface area (Å²) in [6.07, 6.45) is 11.9. The molecule has 2 nitrogen and oxygen atoms in total. The van der Waals surface area contributed by atoms with Gasteiger partial charge in [0.25, 0.3) is 0 Å². The van der Waals surface area contributed by atoms with E-state index >= 15 is 0 Å². The molecule has 3 rings (SSSR count). The number of aliphatic hydroxyl groups is 1. The second-order valence-corrected chi connectivity index (χ2v) is 9.96. The molecule has 0 saturated heterocycles. The molecular weight excluding hydrogens is 380 g/mol. The van der Waals surface area contributed by atoms with Crippen LogP contribution in [-0.2, 0) is 12.0 Å². The van der Waals surface area contributed by atoms with Crippen molar-refractivity contribution in [2.24, 2.45) is 5.92 Å². The van der Waals surface area contributed by atoms with Gasteiger partial charge in [0.2, 0.25) is 0 Å². The van der Waals surface area contributed by atoms with Crippen LogP contribution in [0.4, 0.5) is 0 Å². The van der Waals surface area contributed by atoms with E-state index < -0.39 is 0 Å². The van der Waals surface area contributed by atoms with Crippen LogP contribution in [0.5, 0.6) is 5.75 Å². The largest absolute Gasteiger partial charge is 0.489 e. The van der Waals surface area contributed by atoms with Crippen LogP contribution in [-0.4, -0.2) is 11.7 Å². The third-order valence-electron chi connectivity index (χ3n) is 6.95. The first-order valence-corrected chi connectivity index (χ1v) is 12.3. The highest BCUT2D eigenvalue weighted by atomic mass is 16.5. The van der Waals surface area contributed by atoms with Gasteiger partial charge in [0.1, 0.15) is 12.4 Å². The van der Waals surface area contributed by atoms with E-state index in [0.717, 1.165) is 25.0 Å². The fourth-order valence-corrected chi connectivity index (χ4v) is 4.82. The Kier molecular flexibility index (Phi) is 9.02. The first-order chi connectivity index (χ1) is 15.0. The van der Waals surface area contributed by atoms with Crippen LogP contribution in [0.15, 0.2) is 48.5 Å². The molecule has 0 bridgehead atoms. The van der Waals surface area contributed by atoms with Crippen LogP contribution < -0.4 is 4.74 Å². The van der Waals surface area contributed by atoms with Crippen molar-refractivity contribution in [3.8, 4) is 5.75 Å². The summed E-state index contributed by atoms with van der Waals surface area (Å²) in [7, 11) is 0. The maximum Gasteiger partial charge on any atom is 0.123 e. The quantitative estimate of drug-likeness (QED) is 0.379. The Labute approximate surface area is 190 Å². The van der Waals surface area contributed by atoms with Crippen molar-refractivity contribution in [2.75, 3.05) is 6.61 Å². The molecular formula is C29H41O2. The molecule has 31 heavy (non-hydrogen) atoms. The minimum Gasteiger partial charge on any atom is -0.489 e. The highest BCUT2D eigenvalue weighted by Crippen LogP contribution is 2.42. The number of hydrogen-bond donors (Lipinski definition) is 1. The predicted molar refractivity (Wildman–Crippen MR) is 130 cm³/mol. The third kappa shape index (κ3) is 6.84. The smallest absolute Gasteiger partial charge is 0.123 e. The Morgan fingerprint density at radius 1 is 1.00 bits per heavy atom. The highest BCUT2D eigenvalue weighted by molar-refractivity contribution is 5.43. The van der Waals surface area contributed by atoms with Crippen molar-refractivity contribution < 1.29 is 9.84 Å². The van der Waals surface area contributed by atoms with E-state index in [1.165, 1.54) is 48.8 Å². The number of rotatable bonds is 11. The minimum absolute atomic E-state index is 0.142.